The molecule has 196 valence electrons. The molecule has 11 nitrogen and oxygen atoms in total. The number of carbonyl (C=O) groups is 3. The largest absolute Gasteiger partial charge is 0.497 e. The predicted octanol–water partition coefficient (Wildman–Crippen LogP) is 4.24. The number of benzene rings is 3. The maximum Gasteiger partial charge on any atom is 0.311 e. The third-order valence-corrected chi connectivity index (χ3v) is 5.94. The number of amides is 2. The lowest BCUT2D eigenvalue weighted by Gasteiger charge is -2.17. The van der Waals surface area contributed by atoms with Crippen LogP contribution in [0.25, 0.3) is 0 Å². The van der Waals surface area contributed by atoms with Crippen molar-refractivity contribution in [3.8, 4) is 17.2 Å². The molecular formula is C27H25N3O8. The average Bonchev–Trinajstić information content (AvgIpc) is 3.30. The summed E-state index contributed by atoms with van der Waals surface area (Å²) in [6.45, 7) is 1.12. The van der Waals surface area contributed by atoms with Crippen molar-refractivity contribution in [3.05, 3.63) is 82.4 Å². The Kier molecular flexibility index (Phi) is 7.86. The fraction of sp³-hybridized carbons (Fsp3) is 0.222. The number of nitro groups is 1. The van der Waals surface area contributed by atoms with E-state index in [2.05, 4.69) is 5.32 Å². The van der Waals surface area contributed by atoms with Crippen LogP contribution in [0.5, 0.6) is 17.2 Å². The van der Waals surface area contributed by atoms with E-state index in [1.165, 1.54) is 23.1 Å². The number of hydrogen-bond acceptors (Lipinski definition) is 8. The van der Waals surface area contributed by atoms with Gasteiger partial charge in [0.25, 0.3) is 11.6 Å². The van der Waals surface area contributed by atoms with E-state index in [0.717, 1.165) is 0 Å². The summed E-state index contributed by atoms with van der Waals surface area (Å²) < 4.78 is 16.0. The van der Waals surface area contributed by atoms with Crippen LogP contribution in [0.15, 0.2) is 66.7 Å². The molecule has 0 unspecified atom stereocenters. The highest BCUT2D eigenvalue weighted by Gasteiger charge is 2.36. The average molecular weight is 520 g/mol. The monoisotopic (exact) mass is 519 g/mol. The first-order chi connectivity index (χ1) is 18.2. The molecule has 0 aromatic heterocycles. The second-order valence-corrected chi connectivity index (χ2v) is 8.59. The van der Waals surface area contributed by atoms with E-state index < -0.39 is 29.3 Å². The normalized spacial score (nSPS) is 14.6. The van der Waals surface area contributed by atoms with Gasteiger partial charge in [-0.25, -0.2) is 0 Å². The summed E-state index contributed by atoms with van der Waals surface area (Å²) in [5.74, 6) is -0.380. The van der Waals surface area contributed by atoms with Gasteiger partial charge in [0, 0.05) is 36.0 Å². The minimum Gasteiger partial charge on any atom is -0.497 e. The van der Waals surface area contributed by atoms with Crippen molar-refractivity contribution in [2.45, 2.75) is 13.3 Å². The van der Waals surface area contributed by atoms with E-state index in [1.807, 2.05) is 0 Å². The van der Waals surface area contributed by atoms with Crippen LogP contribution >= 0.6 is 0 Å². The van der Waals surface area contributed by atoms with Gasteiger partial charge < -0.3 is 24.4 Å². The Labute approximate surface area is 218 Å². The Balaban J connectivity index is 1.29. The summed E-state index contributed by atoms with van der Waals surface area (Å²) >= 11 is 0. The fourth-order valence-corrected chi connectivity index (χ4v) is 3.92. The van der Waals surface area contributed by atoms with Crippen LogP contribution < -0.4 is 19.7 Å². The van der Waals surface area contributed by atoms with Crippen LogP contribution in [0, 0.1) is 23.0 Å². The number of methoxy groups -OCH3 is 1. The lowest BCUT2D eigenvalue weighted by atomic mass is 10.1. The number of ether oxygens (including phenoxy) is 3. The van der Waals surface area contributed by atoms with Crippen molar-refractivity contribution in [1.82, 2.24) is 0 Å². The van der Waals surface area contributed by atoms with Gasteiger partial charge >= 0.3 is 5.97 Å². The molecule has 0 radical (unpaired) electrons. The predicted molar refractivity (Wildman–Crippen MR) is 137 cm³/mol. The van der Waals surface area contributed by atoms with Crippen molar-refractivity contribution >= 4 is 34.8 Å². The molecule has 2 amide bonds. The number of anilines is 2. The standard InChI is InChI=1S/C27H25N3O8/c1-17-3-4-19(14-24(17)30(34)35)28-25(31)16-37-27(33)18-13-26(32)29(15-18)20-5-7-22(8-6-20)38-23-11-9-21(36-2)10-12-23/h3-12,14,18H,13,15-16H2,1-2H3,(H,28,31)/t18-/m0/s1. The second kappa shape index (κ2) is 11.4. The maximum absolute atomic E-state index is 12.6. The zero-order chi connectivity index (χ0) is 27.2. The summed E-state index contributed by atoms with van der Waals surface area (Å²) in [5, 5.41) is 13.5. The smallest absolute Gasteiger partial charge is 0.311 e. The zero-order valence-corrected chi connectivity index (χ0v) is 20.7. The molecule has 4 rings (SSSR count). The first-order valence-corrected chi connectivity index (χ1v) is 11.7. The molecule has 3 aromatic carbocycles. The van der Waals surface area contributed by atoms with Gasteiger partial charge in [-0.1, -0.05) is 6.07 Å². The van der Waals surface area contributed by atoms with Crippen LogP contribution in [0.2, 0.25) is 0 Å². The van der Waals surface area contributed by atoms with Crippen molar-refractivity contribution < 1.29 is 33.5 Å². The molecule has 0 bridgehead atoms. The van der Waals surface area contributed by atoms with Gasteiger partial charge in [-0.15, -0.1) is 0 Å². The number of nitrogens with zero attached hydrogens (tertiary/aromatic N) is 2. The Morgan fingerprint density at radius 2 is 1.66 bits per heavy atom. The summed E-state index contributed by atoms with van der Waals surface area (Å²) in [6.07, 6.45) is -0.0469. The first-order valence-electron chi connectivity index (χ1n) is 11.7. The highest BCUT2D eigenvalue weighted by atomic mass is 16.6. The Bertz CT molecular complexity index is 1360. The number of nitrogens with one attached hydrogen (secondary N) is 1. The van der Waals surface area contributed by atoms with Crippen molar-refractivity contribution in [2.24, 2.45) is 5.92 Å². The van der Waals surface area contributed by atoms with Gasteiger partial charge in [0.2, 0.25) is 5.91 Å². The van der Waals surface area contributed by atoms with Gasteiger partial charge in [0.15, 0.2) is 6.61 Å². The van der Waals surface area contributed by atoms with Crippen molar-refractivity contribution in [3.63, 3.8) is 0 Å². The Hall–Kier alpha value is -4.93. The highest BCUT2D eigenvalue weighted by Crippen LogP contribution is 2.30. The van der Waals surface area contributed by atoms with E-state index in [9.17, 15) is 24.5 Å². The summed E-state index contributed by atoms with van der Waals surface area (Å²) in [7, 11) is 1.58. The van der Waals surface area contributed by atoms with E-state index >= 15 is 0 Å². The molecule has 11 heteroatoms. The Morgan fingerprint density at radius 1 is 1.03 bits per heavy atom. The topological polar surface area (TPSA) is 137 Å². The minimum atomic E-state index is -0.731. The number of rotatable bonds is 9. The van der Waals surface area contributed by atoms with Crippen molar-refractivity contribution in [1.29, 1.82) is 0 Å². The van der Waals surface area contributed by atoms with E-state index in [0.29, 0.717) is 28.5 Å². The van der Waals surface area contributed by atoms with E-state index in [1.54, 1.807) is 62.6 Å². The SMILES string of the molecule is COc1ccc(Oc2ccc(N3C[C@@H](C(=O)OCC(=O)Nc4ccc(C)c([N+](=O)[O-])c4)CC3=O)cc2)cc1. The number of esters is 1. The molecule has 1 aliphatic rings. The van der Waals surface area contributed by atoms with Gasteiger partial charge in [-0.3, -0.25) is 24.5 Å². The maximum atomic E-state index is 12.6. The second-order valence-electron chi connectivity index (χ2n) is 8.59. The quantitative estimate of drug-likeness (QED) is 0.252. The number of hydrogen-bond donors (Lipinski definition) is 1. The summed E-state index contributed by atoms with van der Waals surface area (Å²) in [4.78, 5) is 49.3. The molecule has 1 fully saturated rings. The molecule has 3 aromatic rings. The lowest BCUT2D eigenvalue weighted by Crippen LogP contribution is -2.28. The third-order valence-electron chi connectivity index (χ3n) is 5.94. The summed E-state index contributed by atoms with van der Waals surface area (Å²) in [5.41, 5.74) is 1.13. The fourth-order valence-electron chi connectivity index (χ4n) is 3.92. The van der Waals surface area contributed by atoms with Gasteiger partial charge in [0.05, 0.1) is 18.0 Å². The highest BCUT2D eigenvalue weighted by molar-refractivity contribution is 6.00. The van der Waals surface area contributed by atoms with Crippen molar-refractivity contribution in [2.75, 3.05) is 30.5 Å². The lowest BCUT2D eigenvalue weighted by molar-refractivity contribution is -0.385. The van der Waals surface area contributed by atoms with Crippen LogP contribution in [-0.2, 0) is 19.1 Å². The van der Waals surface area contributed by atoms with E-state index in [4.69, 9.17) is 14.2 Å². The molecule has 38 heavy (non-hydrogen) atoms. The molecule has 1 saturated heterocycles. The van der Waals surface area contributed by atoms with Crippen LogP contribution in [0.4, 0.5) is 17.1 Å². The summed E-state index contributed by atoms with van der Waals surface area (Å²) in [6, 6.07) is 18.3. The molecule has 1 heterocycles. The molecular weight excluding hydrogens is 494 g/mol. The number of nitro benzene ring substituents is 1. The molecule has 0 spiro atoms. The number of aryl methyl sites for hydroxylation is 1. The van der Waals surface area contributed by atoms with Crippen LogP contribution in [0.3, 0.4) is 0 Å². The molecule has 1 atom stereocenters. The zero-order valence-electron chi connectivity index (χ0n) is 20.7. The van der Waals surface area contributed by atoms with Gasteiger partial charge in [-0.2, -0.15) is 0 Å². The first kappa shape index (κ1) is 26.1. The van der Waals surface area contributed by atoms with E-state index in [-0.39, 0.29) is 30.2 Å². The van der Waals surface area contributed by atoms with Crippen LogP contribution in [-0.4, -0.2) is 43.0 Å². The van der Waals surface area contributed by atoms with Crippen LogP contribution in [0.1, 0.15) is 12.0 Å². The minimum absolute atomic E-state index is 0.0469. The Morgan fingerprint density at radius 3 is 2.29 bits per heavy atom. The molecule has 1 aliphatic heterocycles. The van der Waals surface area contributed by atoms with Gasteiger partial charge in [-0.05, 0) is 61.5 Å². The third kappa shape index (κ3) is 6.25. The molecule has 0 aliphatic carbocycles. The number of carbonyl (C=O) groups excluding carboxylic acids is 3. The molecule has 1 N–H and O–H groups in total. The molecule has 0 saturated carbocycles. The van der Waals surface area contributed by atoms with Gasteiger partial charge in [0.1, 0.15) is 17.2 Å².